The summed E-state index contributed by atoms with van der Waals surface area (Å²) in [5.41, 5.74) is 6.59. The van der Waals surface area contributed by atoms with Gasteiger partial charge < -0.3 is 0 Å². The van der Waals surface area contributed by atoms with Crippen molar-refractivity contribution < 1.29 is 0 Å². The highest BCUT2D eigenvalue weighted by Gasteiger charge is 2.09. The minimum Gasteiger partial charge on any atom is -0.117 e. The highest BCUT2D eigenvalue weighted by Crippen LogP contribution is 2.26. The topological polar surface area (TPSA) is 0 Å². The molecule has 0 nitrogen and oxygen atoms in total. The van der Waals surface area contributed by atoms with E-state index in [1.54, 1.807) is 0 Å². The molecule has 0 N–H and O–H groups in total. The maximum absolute atomic E-state index is 6.56. The van der Waals surface area contributed by atoms with Crippen molar-refractivity contribution >= 4 is 11.6 Å². The van der Waals surface area contributed by atoms with E-state index in [1.165, 1.54) is 34.2 Å². The molecule has 0 saturated heterocycles. The van der Waals surface area contributed by atoms with Gasteiger partial charge in [0.25, 0.3) is 0 Å². The lowest BCUT2D eigenvalue weighted by molar-refractivity contribution is 0.901. The second-order valence-corrected chi connectivity index (χ2v) is 6.11. The molecule has 0 heterocycles. The molecule has 1 atom stereocenters. The Morgan fingerprint density at radius 2 is 1.55 bits per heavy atom. The minimum absolute atomic E-state index is 0.0489. The fraction of sp³-hybridized carbons (Fsp3) is 0.368. The van der Waals surface area contributed by atoms with Crippen molar-refractivity contribution in [1.29, 1.82) is 0 Å². The van der Waals surface area contributed by atoms with Gasteiger partial charge in [-0.05, 0) is 54.5 Å². The van der Waals surface area contributed by atoms with Crippen molar-refractivity contribution in [2.24, 2.45) is 0 Å². The van der Waals surface area contributed by atoms with Crippen LogP contribution in [0.5, 0.6) is 0 Å². The molecule has 0 saturated carbocycles. The molecule has 0 spiro atoms. The summed E-state index contributed by atoms with van der Waals surface area (Å²) < 4.78 is 0. The van der Waals surface area contributed by atoms with Gasteiger partial charge in [-0.2, -0.15) is 0 Å². The molecule has 2 aromatic carbocycles. The molecule has 0 radical (unpaired) electrons. The normalized spacial score (nSPS) is 12.4. The molecule has 1 unspecified atom stereocenters. The van der Waals surface area contributed by atoms with Crippen LogP contribution in [-0.2, 0) is 12.8 Å². The molecule has 0 aliphatic rings. The lowest BCUT2D eigenvalue weighted by Crippen LogP contribution is -1.97. The first-order chi connectivity index (χ1) is 9.60. The van der Waals surface area contributed by atoms with Crippen molar-refractivity contribution in [2.75, 3.05) is 0 Å². The maximum atomic E-state index is 6.56. The maximum Gasteiger partial charge on any atom is 0.0625 e. The van der Waals surface area contributed by atoms with Crippen molar-refractivity contribution in [3.05, 3.63) is 70.3 Å². The van der Waals surface area contributed by atoms with Crippen LogP contribution in [0.4, 0.5) is 0 Å². The molecule has 20 heavy (non-hydrogen) atoms. The Balaban J connectivity index is 2.06. The summed E-state index contributed by atoms with van der Waals surface area (Å²) in [7, 11) is 0. The van der Waals surface area contributed by atoms with E-state index in [-0.39, 0.29) is 5.38 Å². The Morgan fingerprint density at radius 1 is 0.900 bits per heavy atom. The van der Waals surface area contributed by atoms with Crippen molar-refractivity contribution in [2.45, 2.75) is 45.4 Å². The van der Waals surface area contributed by atoms with Crippen LogP contribution in [-0.4, -0.2) is 0 Å². The summed E-state index contributed by atoms with van der Waals surface area (Å²) >= 11 is 6.56. The van der Waals surface area contributed by atoms with E-state index < -0.39 is 0 Å². The van der Waals surface area contributed by atoms with Crippen molar-refractivity contribution in [3.63, 3.8) is 0 Å². The molecule has 2 aromatic rings. The fourth-order valence-electron chi connectivity index (χ4n) is 2.44. The van der Waals surface area contributed by atoms with E-state index in [9.17, 15) is 0 Å². The van der Waals surface area contributed by atoms with Crippen LogP contribution in [0.1, 0.15) is 46.5 Å². The zero-order valence-electron chi connectivity index (χ0n) is 12.6. The van der Waals surface area contributed by atoms with Crippen LogP contribution < -0.4 is 0 Å². The standard InChI is InChI=1S/C19H23Cl/c1-4-5-16-8-10-18(11-9-16)19(20)13-17-7-6-14(2)15(3)12-17/h6-12,19H,4-5,13H2,1-3H3. The minimum atomic E-state index is 0.0489. The van der Waals surface area contributed by atoms with Gasteiger partial charge in [-0.15, -0.1) is 11.6 Å². The first-order valence-corrected chi connectivity index (χ1v) is 7.83. The van der Waals surface area contributed by atoms with Gasteiger partial charge in [0.15, 0.2) is 0 Å². The molecule has 0 bridgehead atoms. The van der Waals surface area contributed by atoms with Crippen LogP contribution in [0.15, 0.2) is 42.5 Å². The van der Waals surface area contributed by atoms with Gasteiger partial charge in [-0.25, -0.2) is 0 Å². The Hall–Kier alpha value is -1.27. The lowest BCUT2D eigenvalue weighted by atomic mass is 9.99. The SMILES string of the molecule is CCCc1ccc(C(Cl)Cc2ccc(C)c(C)c2)cc1. The first kappa shape index (κ1) is 15.1. The average molecular weight is 287 g/mol. The van der Waals surface area contributed by atoms with Gasteiger partial charge in [0.1, 0.15) is 0 Å². The average Bonchev–Trinajstić information content (AvgIpc) is 2.44. The second kappa shape index (κ2) is 6.95. The van der Waals surface area contributed by atoms with E-state index in [2.05, 4.69) is 63.2 Å². The first-order valence-electron chi connectivity index (χ1n) is 7.39. The number of aryl methyl sites for hydroxylation is 3. The Morgan fingerprint density at radius 3 is 2.15 bits per heavy atom. The second-order valence-electron chi connectivity index (χ2n) is 5.58. The molecule has 0 aliphatic heterocycles. The molecule has 0 aromatic heterocycles. The van der Waals surface area contributed by atoms with Crippen molar-refractivity contribution in [3.8, 4) is 0 Å². The number of hydrogen-bond donors (Lipinski definition) is 0. The van der Waals surface area contributed by atoms with E-state index in [1.807, 2.05) is 0 Å². The molecular weight excluding hydrogens is 264 g/mol. The predicted octanol–water partition coefficient (Wildman–Crippen LogP) is 5.78. The van der Waals surface area contributed by atoms with Crippen LogP contribution >= 0.6 is 11.6 Å². The van der Waals surface area contributed by atoms with Crippen LogP contribution in [0.3, 0.4) is 0 Å². The van der Waals surface area contributed by atoms with Gasteiger partial charge in [0, 0.05) is 0 Å². The number of halogens is 1. The summed E-state index contributed by atoms with van der Waals surface area (Å²) in [6.45, 7) is 6.50. The van der Waals surface area contributed by atoms with E-state index in [0.29, 0.717) is 0 Å². The smallest absolute Gasteiger partial charge is 0.0625 e. The number of hydrogen-bond acceptors (Lipinski definition) is 0. The zero-order chi connectivity index (χ0) is 14.5. The van der Waals surface area contributed by atoms with Crippen LogP contribution in [0, 0.1) is 13.8 Å². The lowest BCUT2D eigenvalue weighted by Gasteiger charge is -2.12. The van der Waals surface area contributed by atoms with E-state index in [0.717, 1.165) is 12.8 Å². The van der Waals surface area contributed by atoms with Gasteiger partial charge in [-0.3, -0.25) is 0 Å². The van der Waals surface area contributed by atoms with Gasteiger partial charge in [0.2, 0.25) is 0 Å². The predicted molar refractivity (Wildman–Crippen MR) is 88.7 cm³/mol. The summed E-state index contributed by atoms with van der Waals surface area (Å²) in [6.07, 6.45) is 3.21. The number of rotatable bonds is 5. The molecule has 2 rings (SSSR count). The third-order valence-corrected chi connectivity index (χ3v) is 4.27. The van der Waals surface area contributed by atoms with Gasteiger partial charge >= 0.3 is 0 Å². The summed E-state index contributed by atoms with van der Waals surface area (Å²) in [4.78, 5) is 0. The molecule has 0 amide bonds. The fourth-order valence-corrected chi connectivity index (χ4v) is 2.76. The number of benzene rings is 2. The monoisotopic (exact) mass is 286 g/mol. The third kappa shape index (κ3) is 3.86. The van der Waals surface area contributed by atoms with Crippen LogP contribution in [0.25, 0.3) is 0 Å². The summed E-state index contributed by atoms with van der Waals surface area (Å²) in [6, 6.07) is 15.4. The Bertz CT molecular complexity index is 554. The molecular formula is C19H23Cl. The van der Waals surface area contributed by atoms with E-state index in [4.69, 9.17) is 11.6 Å². The highest BCUT2D eigenvalue weighted by atomic mass is 35.5. The molecule has 1 heteroatoms. The Kier molecular flexibility index (Phi) is 5.25. The quantitative estimate of drug-likeness (QED) is 0.611. The van der Waals surface area contributed by atoms with Crippen LogP contribution in [0.2, 0.25) is 0 Å². The summed E-state index contributed by atoms with van der Waals surface area (Å²) in [5, 5.41) is 0.0489. The van der Waals surface area contributed by atoms with Gasteiger partial charge in [0.05, 0.1) is 5.38 Å². The van der Waals surface area contributed by atoms with E-state index >= 15 is 0 Å². The zero-order valence-corrected chi connectivity index (χ0v) is 13.4. The third-order valence-electron chi connectivity index (χ3n) is 3.87. The molecule has 0 fully saturated rings. The Labute approximate surface area is 127 Å². The number of alkyl halides is 1. The van der Waals surface area contributed by atoms with Crippen molar-refractivity contribution in [1.82, 2.24) is 0 Å². The van der Waals surface area contributed by atoms with Gasteiger partial charge in [-0.1, -0.05) is 55.8 Å². The summed E-state index contributed by atoms with van der Waals surface area (Å²) in [5.74, 6) is 0. The highest BCUT2D eigenvalue weighted by molar-refractivity contribution is 6.20. The largest absolute Gasteiger partial charge is 0.117 e. The molecule has 106 valence electrons. The molecule has 0 aliphatic carbocycles.